The van der Waals surface area contributed by atoms with E-state index in [4.69, 9.17) is 17.3 Å². The number of nitrogen functional groups attached to an aromatic ring is 1. The summed E-state index contributed by atoms with van der Waals surface area (Å²) in [4.78, 5) is 31.6. The molecule has 0 atom stereocenters. The zero-order valence-electron chi connectivity index (χ0n) is 17.3. The minimum Gasteiger partial charge on any atom is -0.383 e. The van der Waals surface area contributed by atoms with Crippen LogP contribution in [0.3, 0.4) is 0 Å². The maximum atomic E-state index is 13.0. The number of halogens is 1. The van der Waals surface area contributed by atoms with Gasteiger partial charge in [0.05, 0.1) is 28.2 Å². The molecule has 4 aromatic heterocycles. The number of amides is 1. The molecule has 2 aliphatic rings. The lowest BCUT2D eigenvalue weighted by atomic mass is 10.0. The van der Waals surface area contributed by atoms with E-state index in [1.54, 1.807) is 6.20 Å². The van der Waals surface area contributed by atoms with Crippen LogP contribution in [0.5, 0.6) is 0 Å². The Kier molecular flexibility index (Phi) is 3.72. The third kappa shape index (κ3) is 2.48. The Bertz CT molecular complexity index is 1380. The minimum atomic E-state index is -0.147. The molecule has 4 aromatic rings. The second kappa shape index (κ2) is 6.20. The van der Waals surface area contributed by atoms with Crippen molar-refractivity contribution in [3.05, 3.63) is 35.4 Å². The number of anilines is 1. The van der Waals surface area contributed by atoms with Gasteiger partial charge in [0.15, 0.2) is 0 Å². The van der Waals surface area contributed by atoms with Gasteiger partial charge in [0.25, 0.3) is 0 Å². The number of hydrogen-bond acceptors (Lipinski definition) is 5. The van der Waals surface area contributed by atoms with Crippen molar-refractivity contribution < 1.29 is 4.79 Å². The van der Waals surface area contributed by atoms with Crippen LogP contribution in [-0.2, 0) is 16.9 Å². The normalized spacial score (nSPS) is 17.1. The molecule has 1 amide bonds. The molecule has 0 bridgehead atoms. The summed E-state index contributed by atoms with van der Waals surface area (Å²) in [5.41, 5.74) is 10.3. The highest BCUT2D eigenvalue weighted by atomic mass is 35.5. The number of pyridine rings is 1. The van der Waals surface area contributed by atoms with Crippen molar-refractivity contribution in [2.75, 3.05) is 12.3 Å². The highest BCUT2D eigenvalue weighted by Crippen LogP contribution is 2.53. The quantitative estimate of drug-likeness (QED) is 0.499. The molecule has 6 rings (SSSR count). The molecule has 158 valence electrons. The topological polar surface area (TPSA) is 106 Å². The summed E-state index contributed by atoms with van der Waals surface area (Å²) < 4.78 is 2.29. The Labute approximate surface area is 183 Å². The van der Waals surface area contributed by atoms with E-state index in [-0.39, 0.29) is 17.4 Å². The number of H-pyrrole nitrogens is 1. The van der Waals surface area contributed by atoms with E-state index in [0.717, 1.165) is 46.2 Å². The number of hydrogen-bond donors (Lipinski definition) is 2. The van der Waals surface area contributed by atoms with Crippen molar-refractivity contribution in [1.82, 2.24) is 29.4 Å². The number of carbonyl (C=O) groups is 1. The summed E-state index contributed by atoms with van der Waals surface area (Å²) in [5, 5.41) is 2.20. The van der Waals surface area contributed by atoms with E-state index in [2.05, 4.69) is 24.5 Å². The zero-order valence-corrected chi connectivity index (χ0v) is 18.1. The van der Waals surface area contributed by atoms with Crippen LogP contribution < -0.4 is 5.73 Å². The van der Waals surface area contributed by atoms with Crippen molar-refractivity contribution in [3.63, 3.8) is 0 Å². The highest BCUT2D eigenvalue weighted by Gasteiger charge is 2.52. The maximum Gasteiger partial charge on any atom is 0.225 e. The van der Waals surface area contributed by atoms with Gasteiger partial charge in [0.1, 0.15) is 23.4 Å². The third-order valence-electron chi connectivity index (χ3n) is 6.57. The Hall–Kier alpha value is -3.13. The Morgan fingerprint density at radius 1 is 1.29 bits per heavy atom. The first-order valence-electron chi connectivity index (χ1n) is 10.5. The van der Waals surface area contributed by atoms with Crippen LogP contribution in [0.15, 0.2) is 24.7 Å². The van der Waals surface area contributed by atoms with Gasteiger partial charge in [-0.2, -0.15) is 0 Å². The molecule has 31 heavy (non-hydrogen) atoms. The van der Waals surface area contributed by atoms with Crippen LogP contribution in [-0.4, -0.2) is 41.9 Å². The number of fused-ring (bicyclic) bond motifs is 5. The maximum absolute atomic E-state index is 13.0. The highest BCUT2D eigenvalue weighted by molar-refractivity contribution is 6.38. The standard InChI is InChI=1S/C22H22ClN7O/c1-11(2)21(31)29-8-13-14(17-16(23)12-4-3-7-25-19(12)28-17)15-18(24)26-10-27-20(15)30(13)22(9-29)5-6-22/h3-4,7,10-11H,5-6,8-9H2,1-2H3,(H,25,28)(H2,24,26,27). The first-order valence-corrected chi connectivity index (χ1v) is 10.8. The van der Waals surface area contributed by atoms with Crippen molar-refractivity contribution in [3.8, 4) is 11.3 Å². The van der Waals surface area contributed by atoms with Crippen molar-refractivity contribution in [2.24, 2.45) is 5.92 Å². The lowest BCUT2D eigenvalue weighted by Crippen LogP contribution is -2.46. The predicted molar refractivity (Wildman–Crippen MR) is 120 cm³/mol. The molecular formula is C22H22ClN7O. The number of aromatic amines is 1. The van der Waals surface area contributed by atoms with E-state index < -0.39 is 0 Å². The average molecular weight is 436 g/mol. The number of nitrogens with two attached hydrogens (primary N) is 1. The third-order valence-corrected chi connectivity index (χ3v) is 6.96. The molecule has 5 heterocycles. The molecule has 0 aromatic carbocycles. The summed E-state index contributed by atoms with van der Waals surface area (Å²) in [6, 6.07) is 3.80. The zero-order chi connectivity index (χ0) is 21.5. The van der Waals surface area contributed by atoms with Gasteiger partial charge in [-0.05, 0) is 25.0 Å². The molecule has 1 fully saturated rings. The van der Waals surface area contributed by atoms with Gasteiger partial charge in [-0.15, -0.1) is 0 Å². The van der Waals surface area contributed by atoms with Gasteiger partial charge >= 0.3 is 0 Å². The summed E-state index contributed by atoms with van der Waals surface area (Å²) in [6.45, 7) is 5.04. The van der Waals surface area contributed by atoms with Crippen LogP contribution in [0.1, 0.15) is 32.4 Å². The lowest BCUT2D eigenvalue weighted by Gasteiger charge is -2.37. The monoisotopic (exact) mass is 435 g/mol. The van der Waals surface area contributed by atoms with E-state index in [1.165, 1.54) is 6.33 Å². The summed E-state index contributed by atoms with van der Waals surface area (Å²) in [6.07, 6.45) is 5.23. The molecule has 1 spiro atoms. The SMILES string of the molecule is CC(C)C(=O)N1Cc2c(-c3[nH]c4ncccc4c3Cl)c3c(N)ncnc3n2C2(CC2)C1. The predicted octanol–water partition coefficient (Wildman–Crippen LogP) is 3.70. The molecular weight excluding hydrogens is 414 g/mol. The molecule has 3 N–H and O–H groups in total. The first kappa shape index (κ1) is 18.6. The molecule has 0 unspecified atom stereocenters. The van der Waals surface area contributed by atoms with Crippen molar-refractivity contribution in [2.45, 2.75) is 38.8 Å². The van der Waals surface area contributed by atoms with Crippen LogP contribution in [0, 0.1) is 5.92 Å². The number of nitrogens with zero attached hydrogens (tertiary/aromatic N) is 5. The molecule has 1 saturated carbocycles. The van der Waals surface area contributed by atoms with Gasteiger partial charge in [-0.1, -0.05) is 25.4 Å². The van der Waals surface area contributed by atoms with Gasteiger partial charge < -0.3 is 20.2 Å². The molecule has 0 saturated heterocycles. The Morgan fingerprint density at radius 2 is 2.10 bits per heavy atom. The second-order valence-electron chi connectivity index (χ2n) is 8.90. The van der Waals surface area contributed by atoms with Gasteiger partial charge in [0.2, 0.25) is 5.91 Å². The Balaban J connectivity index is 1.69. The van der Waals surface area contributed by atoms with E-state index in [9.17, 15) is 4.79 Å². The molecule has 1 aliphatic heterocycles. The average Bonchev–Trinajstić information content (AvgIpc) is 3.31. The van der Waals surface area contributed by atoms with E-state index >= 15 is 0 Å². The molecule has 9 heteroatoms. The number of rotatable bonds is 2. The largest absolute Gasteiger partial charge is 0.383 e. The number of aromatic nitrogens is 5. The van der Waals surface area contributed by atoms with E-state index in [1.807, 2.05) is 30.9 Å². The van der Waals surface area contributed by atoms with Gasteiger partial charge in [0, 0.05) is 35.3 Å². The minimum absolute atomic E-state index is 0.0686. The first-order chi connectivity index (χ1) is 14.9. The fourth-order valence-electron chi connectivity index (χ4n) is 4.98. The van der Waals surface area contributed by atoms with Crippen LogP contribution in [0.4, 0.5) is 5.82 Å². The summed E-state index contributed by atoms with van der Waals surface area (Å²) >= 11 is 6.84. The van der Waals surface area contributed by atoms with Crippen LogP contribution >= 0.6 is 11.6 Å². The van der Waals surface area contributed by atoms with Crippen molar-refractivity contribution in [1.29, 1.82) is 0 Å². The summed E-state index contributed by atoms with van der Waals surface area (Å²) in [5.74, 6) is 0.486. The molecule has 1 aliphatic carbocycles. The molecule has 8 nitrogen and oxygen atoms in total. The fourth-order valence-corrected chi connectivity index (χ4v) is 5.28. The smallest absolute Gasteiger partial charge is 0.225 e. The van der Waals surface area contributed by atoms with Crippen LogP contribution in [0.25, 0.3) is 33.3 Å². The van der Waals surface area contributed by atoms with E-state index in [0.29, 0.717) is 29.6 Å². The Morgan fingerprint density at radius 3 is 2.81 bits per heavy atom. The summed E-state index contributed by atoms with van der Waals surface area (Å²) in [7, 11) is 0. The fraction of sp³-hybridized carbons (Fsp3) is 0.364. The number of nitrogens with one attached hydrogen (secondary N) is 1. The van der Waals surface area contributed by atoms with Crippen molar-refractivity contribution >= 4 is 45.4 Å². The van der Waals surface area contributed by atoms with Gasteiger partial charge in [-0.25, -0.2) is 15.0 Å². The van der Waals surface area contributed by atoms with Gasteiger partial charge in [-0.3, -0.25) is 4.79 Å². The lowest BCUT2D eigenvalue weighted by molar-refractivity contribution is -0.136. The second-order valence-corrected chi connectivity index (χ2v) is 9.28. The number of carbonyl (C=O) groups excluding carboxylic acids is 1. The molecule has 0 radical (unpaired) electrons. The van der Waals surface area contributed by atoms with Crippen LogP contribution in [0.2, 0.25) is 5.02 Å².